The molecular weight excluding hydrogens is 252 g/mol. The first kappa shape index (κ1) is 13.1. The van der Waals surface area contributed by atoms with E-state index in [0.29, 0.717) is 24.2 Å². The summed E-state index contributed by atoms with van der Waals surface area (Å²) < 4.78 is 28.8. The summed E-state index contributed by atoms with van der Waals surface area (Å²) in [5.74, 6) is 0.481. The minimum Gasteiger partial charge on any atom is -0.497 e. The van der Waals surface area contributed by atoms with E-state index >= 15 is 0 Å². The van der Waals surface area contributed by atoms with Crippen LogP contribution in [-0.2, 0) is 9.84 Å². The molecule has 5 heteroatoms. The van der Waals surface area contributed by atoms with Gasteiger partial charge in [0.2, 0.25) is 0 Å². The number of carbonyl (C=O) groups is 1. The van der Waals surface area contributed by atoms with Gasteiger partial charge in [-0.05, 0) is 37.1 Å². The van der Waals surface area contributed by atoms with E-state index in [9.17, 15) is 13.2 Å². The van der Waals surface area contributed by atoms with Crippen molar-refractivity contribution in [1.29, 1.82) is 0 Å². The van der Waals surface area contributed by atoms with E-state index in [0.717, 1.165) is 6.42 Å². The van der Waals surface area contributed by atoms with Crippen LogP contribution >= 0.6 is 0 Å². The van der Waals surface area contributed by atoms with E-state index in [1.807, 2.05) is 0 Å². The van der Waals surface area contributed by atoms with Crippen molar-refractivity contribution < 1.29 is 17.9 Å². The molecule has 98 valence electrons. The van der Waals surface area contributed by atoms with E-state index in [4.69, 9.17) is 4.74 Å². The average Bonchev–Trinajstić information content (AvgIpc) is 2.37. The van der Waals surface area contributed by atoms with Crippen LogP contribution in [0.4, 0.5) is 0 Å². The molecule has 0 radical (unpaired) electrons. The SMILES string of the molecule is COc1ccc(C(=O)C2CCCCS2(=O)=O)cc1. The largest absolute Gasteiger partial charge is 0.497 e. The number of hydrogen-bond donors (Lipinski definition) is 0. The van der Waals surface area contributed by atoms with Gasteiger partial charge in [-0.3, -0.25) is 4.79 Å². The number of hydrogen-bond acceptors (Lipinski definition) is 4. The number of ketones is 1. The van der Waals surface area contributed by atoms with Gasteiger partial charge in [0, 0.05) is 5.56 Å². The number of sulfone groups is 1. The third-order valence-corrected chi connectivity index (χ3v) is 5.42. The number of rotatable bonds is 3. The summed E-state index contributed by atoms with van der Waals surface area (Å²) in [5, 5.41) is -0.861. The highest BCUT2D eigenvalue weighted by molar-refractivity contribution is 7.92. The summed E-state index contributed by atoms with van der Waals surface area (Å²) in [4.78, 5) is 12.2. The number of carbonyl (C=O) groups excluding carboxylic acids is 1. The standard InChI is InChI=1S/C13H16O4S/c1-17-11-7-5-10(6-8-11)13(14)12-4-2-3-9-18(12,15)16/h5-8,12H,2-4,9H2,1H3. The second-order valence-electron chi connectivity index (χ2n) is 4.44. The molecule has 0 aliphatic carbocycles. The van der Waals surface area contributed by atoms with E-state index in [2.05, 4.69) is 0 Å². The smallest absolute Gasteiger partial charge is 0.180 e. The van der Waals surface area contributed by atoms with Crippen molar-refractivity contribution in [3.05, 3.63) is 29.8 Å². The molecule has 1 aromatic rings. The van der Waals surface area contributed by atoms with Gasteiger partial charge in [0.25, 0.3) is 0 Å². The number of benzene rings is 1. The Kier molecular flexibility index (Phi) is 3.71. The predicted molar refractivity (Wildman–Crippen MR) is 68.8 cm³/mol. The van der Waals surface area contributed by atoms with Crippen LogP contribution in [0.15, 0.2) is 24.3 Å². The fraction of sp³-hybridized carbons (Fsp3) is 0.462. The molecule has 0 amide bonds. The molecule has 1 saturated heterocycles. The van der Waals surface area contributed by atoms with Gasteiger partial charge in [-0.15, -0.1) is 0 Å². The zero-order valence-corrected chi connectivity index (χ0v) is 11.1. The Labute approximate surface area is 107 Å². The zero-order chi connectivity index (χ0) is 13.2. The molecule has 0 aromatic heterocycles. The molecule has 0 spiro atoms. The van der Waals surface area contributed by atoms with Crippen molar-refractivity contribution in [3.63, 3.8) is 0 Å². The molecule has 1 aromatic carbocycles. The van der Waals surface area contributed by atoms with E-state index in [1.165, 1.54) is 0 Å². The van der Waals surface area contributed by atoms with Crippen LogP contribution in [-0.4, -0.2) is 32.3 Å². The van der Waals surface area contributed by atoms with E-state index in [1.54, 1.807) is 31.4 Å². The van der Waals surface area contributed by atoms with Gasteiger partial charge in [0.1, 0.15) is 11.0 Å². The lowest BCUT2D eigenvalue weighted by Crippen LogP contribution is -2.35. The van der Waals surface area contributed by atoms with Crippen LogP contribution < -0.4 is 4.74 Å². The van der Waals surface area contributed by atoms with Gasteiger partial charge in [0.15, 0.2) is 15.6 Å². The summed E-state index contributed by atoms with van der Waals surface area (Å²) in [7, 11) is -1.72. The fourth-order valence-electron chi connectivity index (χ4n) is 2.19. The average molecular weight is 268 g/mol. The van der Waals surface area contributed by atoms with Crippen LogP contribution in [0.5, 0.6) is 5.75 Å². The van der Waals surface area contributed by atoms with Crippen molar-refractivity contribution in [1.82, 2.24) is 0 Å². The first-order valence-corrected chi connectivity index (χ1v) is 7.66. The topological polar surface area (TPSA) is 60.4 Å². The Morgan fingerprint density at radius 1 is 1.22 bits per heavy atom. The highest BCUT2D eigenvalue weighted by atomic mass is 32.2. The third-order valence-electron chi connectivity index (χ3n) is 3.25. The van der Waals surface area contributed by atoms with Crippen molar-refractivity contribution in [3.8, 4) is 5.75 Å². The van der Waals surface area contributed by atoms with Crippen LogP contribution in [0, 0.1) is 0 Å². The van der Waals surface area contributed by atoms with Crippen molar-refractivity contribution in [2.45, 2.75) is 24.5 Å². The molecule has 0 bridgehead atoms. The Balaban J connectivity index is 2.24. The lowest BCUT2D eigenvalue weighted by molar-refractivity contribution is 0.0981. The number of methoxy groups -OCH3 is 1. The monoisotopic (exact) mass is 268 g/mol. The molecule has 0 N–H and O–H groups in total. The quantitative estimate of drug-likeness (QED) is 0.785. The van der Waals surface area contributed by atoms with E-state index < -0.39 is 15.1 Å². The van der Waals surface area contributed by atoms with E-state index in [-0.39, 0.29) is 11.5 Å². The molecule has 1 unspecified atom stereocenters. The number of Topliss-reactive ketones (excluding diaryl/α,β-unsaturated/α-hetero) is 1. The maximum absolute atomic E-state index is 12.2. The van der Waals surface area contributed by atoms with Crippen molar-refractivity contribution in [2.24, 2.45) is 0 Å². The van der Waals surface area contributed by atoms with Gasteiger partial charge >= 0.3 is 0 Å². The Morgan fingerprint density at radius 2 is 1.89 bits per heavy atom. The zero-order valence-electron chi connectivity index (χ0n) is 10.3. The second kappa shape index (κ2) is 5.10. The van der Waals surface area contributed by atoms with Gasteiger partial charge < -0.3 is 4.74 Å². The molecule has 1 aliphatic heterocycles. The van der Waals surface area contributed by atoms with Gasteiger partial charge in [-0.1, -0.05) is 6.42 Å². The molecule has 1 aliphatic rings. The lowest BCUT2D eigenvalue weighted by Gasteiger charge is -2.21. The maximum atomic E-state index is 12.2. The molecule has 1 atom stereocenters. The van der Waals surface area contributed by atoms with Crippen molar-refractivity contribution in [2.75, 3.05) is 12.9 Å². The fourth-order valence-corrected chi connectivity index (χ4v) is 4.07. The van der Waals surface area contributed by atoms with Crippen LogP contribution in [0.3, 0.4) is 0 Å². The molecule has 18 heavy (non-hydrogen) atoms. The third kappa shape index (κ3) is 2.56. The first-order valence-electron chi connectivity index (χ1n) is 5.94. The van der Waals surface area contributed by atoms with Gasteiger partial charge in [-0.25, -0.2) is 8.42 Å². The molecule has 0 saturated carbocycles. The summed E-state index contributed by atoms with van der Waals surface area (Å²) >= 11 is 0. The van der Waals surface area contributed by atoms with Crippen LogP contribution in [0.2, 0.25) is 0 Å². The minimum absolute atomic E-state index is 0.125. The number of ether oxygens (including phenoxy) is 1. The summed E-state index contributed by atoms with van der Waals surface area (Å²) in [5.41, 5.74) is 0.436. The van der Waals surface area contributed by atoms with Gasteiger partial charge in [-0.2, -0.15) is 0 Å². The molecule has 4 nitrogen and oxygen atoms in total. The first-order chi connectivity index (χ1) is 8.54. The predicted octanol–water partition coefficient (Wildman–Crippen LogP) is 1.85. The maximum Gasteiger partial charge on any atom is 0.180 e. The second-order valence-corrected chi connectivity index (χ2v) is 6.75. The lowest BCUT2D eigenvalue weighted by atomic mass is 10.0. The highest BCUT2D eigenvalue weighted by Crippen LogP contribution is 2.24. The molecular formula is C13H16O4S. The summed E-state index contributed by atoms with van der Waals surface area (Å²) in [6.07, 6.45) is 1.90. The molecule has 2 rings (SSSR count). The molecule has 1 fully saturated rings. The summed E-state index contributed by atoms with van der Waals surface area (Å²) in [6.45, 7) is 0. The molecule has 1 heterocycles. The Bertz CT molecular complexity index is 531. The minimum atomic E-state index is -3.27. The normalized spacial score (nSPS) is 22.4. The Hall–Kier alpha value is -1.36. The van der Waals surface area contributed by atoms with Gasteiger partial charge in [0.05, 0.1) is 12.9 Å². The van der Waals surface area contributed by atoms with Crippen LogP contribution in [0.1, 0.15) is 29.6 Å². The highest BCUT2D eigenvalue weighted by Gasteiger charge is 2.35. The summed E-state index contributed by atoms with van der Waals surface area (Å²) in [6, 6.07) is 6.57. The van der Waals surface area contributed by atoms with Crippen LogP contribution in [0.25, 0.3) is 0 Å². The van der Waals surface area contributed by atoms with Crippen molar-refractivity contribution >= 4 is 15.6 Å². The Morgan fingerprint density at radius 3 is 2.44 bits per heavy atom.